The number of para-hydroxylation sites is 1. The average Bonchev–Trinajstić information content (AvgIpc) is 3.03. The molecule has 1 aromatic carbocycles. The summed E-state index contributed by atoms with van der Waals surface area (Å²) in [7, 11) is 4.40. The first-order valence-corrected chi connectivity index (χ1v) is 7.44. The van der Waals surface area contributed by atoms with Crippen LogP contribution in [0.1, 0.15) is 11.5 Å². The summed E-state index contributed by atoms with van der Waals surface area (Å²) in [4.78, 5) is 29.4. The highest BCUT2D eigenvalue weighted by atomic mass is 16.5. The molecule has 3 rings (SSSR count). The van der Waals surface area contributed by atoms with Gasteiger partial charge in [-0.05, 0) is 11.6 Å². The summed E-state index contributed by atoms with van der Waals surface area (Å²) in [6.45, 7) is 0. The van der Waals surface area contributed by atoms with Crippen molar-refractivity contribution in [3.05, 3.63) is 59.6 Å². The number of carbonyl (C=O) groups is 2. The Morgan fingerprint density at radius 3 is 2.21 bits per heavy atom. The first kappa shape index (κ1) is 15.9. The number of esters is 2. The lowest BCUT2D eigenvalue weighted by molar-refractivity contribution is -0.137. The van der Waals surface area contributed by atoms with Crippen LogP contribution in [-0.2, 0) is 19.1 Å². The highest BCUT2D eigenvalue weighted by Crippen LogP contribution is 2.39. The predicted molar refractivity (Wildman–Crippen MR) is 89.0 cm³/mol. The molecule has 0 spiro atoms. The average molecular weight is 326 g/mol. The molecule has 0 aliphatic carbocycles. The van der Waals surface area contributed by atoms with Crippen LogP contribution in [0.2, 0.25) is 0 Å². The Morgan fingerprint density at radius 2 is 1.62 bits per heavy atom. The van der Waals surface area contributed by atoms with Gasteiger partial charge >= 0.3 is 11.9 Å². The van der Waals surface area contributed by atoms with Crippen LogP contribution in [0.5, 0.6) is 0 Å². The van der Waals surface area contributed by atoms with E-state index in [2.05, 4.69) is 4.98 Å². The van der Waals surface area contributed by atoms with Crippen molar-refractivity contribution in [2.45, 2.75) is 5.92 Å². The van der Waals surface area contributed by atoms with Crippen molar-refractivity contribution in [2.24, 2.45) is 0 Å². The summed E-state index contributed by atoms with van der Waals surface area (Å²) < 4.78 is 9.83. The molecule has 0 unspecified atom stereocenters. The normalized spacial score (nSPS) is 15.0. The lowest BCUT2D eigenvalue weighted by atomic mass is 9.83. The molecule has 1 aliphatic rings. The zero-order chi connectivity index (χ0) is 17.3. The van der Waals surface area contributed by atoms with Crippen LogP contribution in [0, 0.1) is 0 Å². The first-order chi connectivity index (χ1) is 11.6. The monoisotopic (exact) mass is 326 g/mol. The molecular formula is C18H18N2O4. The van der Waals surface area contributed by atoms with Crippen molar-refractivity contribution in [2.75, 3.05) is 21.3 Å². The molecule has 1 aromatic heterocycles. The van der Waals surface area contributed by atoms with Crippen molar-refractivity contribution in [1.82, 2.24) is 9.88 Å². The summed E-state index contributed by atoms with van der Waals surface area (Å²) in [5.41, 5.74) is 2.52. The van der Waals surface area contributed by atoms with E-state index in [1.807, 2.05) is 30.5 Å². The van der Waals surface area contributed by atoms with Crippen LogP contribution in [0.15, 0.2) is 54.0 Å². The third kappa shape index (κ3) is 2.56. The van der Waals surface area contributed by atoms with Crippen molar-refractivity contribution in [3.63, 3.8) is 0 Å². The number of aromatic nitrogens is 1. The first-order valence-electron chi connectivity index (χ1n) is 7.44. The van der Waals surface area contributed by atoms with Crippen LogP contribution in [0.4, 0.5) is 0 Å². The summed E-state index contributed by atoms with van der Waals surface area (Å²) in [6, 6.07) is 7.73. The second-order valence-electron chi connectivity index (χ2n) is 5.54. The third-order valence-corrected chi connectivity index (χ3v) is 4.08. The van der Waals surface area contributed by atoms with Crippen LogP contribution < -0.4 is 0 Å². The van der Waals surface area contributed by atoms with Gasteiger partial charge in [-0.15, -0.1) is 0 Å². The van der Waals surface area contributed by atoms with Crippen molar-refractivity contribution < 1.29 is 19.1 Å². The Morgan fingerprint density at radius 1 is 1.04 bits per heavy atom. The van der Waals surface area contributed by atoms with Crippen LogP contribution in [-0.4, -0.2) is 43.1 Å². The number of aromatic amines is 1. The van der Waals surface area contributed by atoms with Gasteiger partial charge < -0.3 is 19.4 Å². The highest BCUT2D eigenvalue weighted by molar-refractivity contribution is 6.00. The smallest absolute Gasteiger partial charge is 0.336 e. The van der Waals surface area contributed by atoms with E-state index in [4.69, 9.17) is 9.47 Å². The SMILES string of the molecule is COC(=O)C1=CN(C)C=C(C(=O)OC)C1c1c[nH]c2ccccc12. The predicted octanol–water partition coefficient (Wildman–Crippen LogP) is 2.31. The Bertz CT molecular complexity index is 829. The van der Waals surface area contributed by atoms with E-state index in [1.165, 1.54) is 14.2 Å². The van der Waals surface area contributed by atoms with Crippen LogP contribution >= 0.6 is 0 Å². The van der Waals surface area contributed by atoms with Gasteiger partial charge in [-0.3, -0.25) is 0 Å². The Balaban J connectivity index is 2.21. The number of nitrogens with one attached hydrogen (secondary N) is 1. The number of benzene rings is 1. The molecule has 1 N–H and O–H groups in total. The van der Waals surface area contributed by atoms with E-state index in [9.17, 15) is 9.59 Å². The molecule has 2 heterocycles. The number of rotatable bonds is 3. The van der Waals surface area contributed by atoms with Gasteiger partial charge in [-0.1, -0.05) is 18.2 Å². The zero-order valence-corrected chi connectivity index (χ0v) is 13.7. The Hall–Kier alpha value is -3.02. The maximum absolute atomic E-state index is 12.3. The summed E-state index contributed by atoms with van der Waals surface area (Å²) in [5.74, 6) is -1.52. The quantitative estimate of drug-likeness (QED) is 0.877. The lowest BCUT2D eigenvalue weighted by Gasteiger charge is -2.27. The fraction of sp³-hybridized carbons (Fsp3) is 0.222. The number of ether oxygens (including phenoxy) is 2. The van der Waals surface area contributed by atoms with E-state index in [0.29, 0.717) is 11.1 Å². The number of fused-ring (bicyclic) bond motifs is 1. The van der Waals surface area contributed by atoms with Crippen LogP contribution in [0.3, 0.4) is 0 Å². The molecule has 0 radical (unpaired) electrons. The van der Waals surface area contributed by atoms with Crippen molar-refractivity contribution in [1.29, 1.82) is 0 Å². The molecule has 24 heavy (non-hydrogen) atoms. The molecule has 6 nitrogen and oxygen atoms in total. The fourth-order valence-corrected chi connectivity index (χ4v) is 3.04. The molecule has 0 bridgehead atoms. The molecule has 0 atom stereocenters. The van der Waals surface area contributed by atoms with E-state index in [1.54, 1.807) is 24.3 Å². The van der Waals surface area contributed by atoms with Gasteiger partial charge in [-0.25, -0.2) is 9.59 Å². The molecule has 2 aromatic rings. The van der Waals surface area contributed by atoms with Crippen LogP contribution in [0.25, 0.3) is 10.9 Å². The largest absolute Gasteiger partial charge is 0.466 e. The van der Waals surface area contributed by atoms with Gasteiger partial charge in [0, 0.05) is 36.5 Å². The van der Waals surface area contributed by atoms with E-state index in [0.717, 1.165) is 16.5 Å². The number of H-pyrrole nitrogens is 1. The molecule has 6 heteroatoms. The Kier molecular flexibility index (Phi) is 4.12. The summed E-state index contributed by atoms with van der Waals surface area (Å²) in [5, 5.41) is 0.941. The highest BCUT2D eigenvalue weighted by Gasteiger charge is 2.35. The van der Waals surface area contributed by atoms with Crippen molar-refractivity contribution in [3.8, 4) is 0 Å². The minimum absolute atomic E-state index is 0.382. The molecule has 0 saturated heterocycles. The fourth-order valence-electron chi connectivity index (χ4n) is 3.04. The molecular weight excluding hydrogens is 308 g/mol. The number of nitrogens with zero attached hydrogens (tertiary/aromatic N) is 1. The minimum atomic E-state index is -0.558. The number of methoxy groups -OCH3 is 2. The summed E-state index contributed by atoms with van der Waals surface area (Å²) >= 11 is 0. The molecule has 124 valence electrons. The number of hydrogen-bond donors (Lipinski definition) is 1. The molecule has 1 aliphatic heterocycles. The Labute approximate surface area is 139 Å². The van der Waals surface area contributed by atoms with Gasteiger partial charge in [0.25, 0.3) is 0 Å². The van der Waals surface area contributed by atoms with E-state index < -0.39 is 17.9 Å². The molecule has 0 fully saturated rings. The second kappa shape index (κ2) is 6.23. The summed E-state index contributed by atoms with van der Waals surface area (Å²) in [6.07, 6.45) is 5.16. The van der Waals surface area contributed by atoms with Gasteiger partial charge in [0.1, 0.15) is 0 Å². The van der Waals surface area contributed by atoms with Gasteiger partial charge in [0.2, 0.25) is 0 Å². The number of carbonyl (C=O) groups excluding carboxylic acids is 2. The lowest BCUT2D eigenvalue weighted by Crippen LogP contribution is -2.27. The topological polar surface area (TPSA) is 71.6 Å². The van der Waals surface area contributed by atoms with Gasteiger partial charge in [0.15, 0.2) is 0 Å². The number of hydrogen-bond acceptors (Lipinski definition) is 5. The standard InChI is InChI=1S/C18H18N2O4/c1-20-9-13(17(21)23-2)16(14(10-20)18(22)24-3)12-8-19-15-7-5-4-6-11(12)15/h4-10,16,19H,1-3H3. The van der Waals surface area contributed by atoms with E-state index in [-0.39, 0.29) is 0 Å². The molecule has 0 saturated carbocycles. The van der Waals surface area contributed by atoms with E-state index >= 15 is 0 Å². The maximum atomic E-state index is 12.3. The third-order valence-electron chi connectivity index (χ3n) is 4.08. The van der Waals surface area contributed by atoms with Gasteiger partial charge in [0.05, 0.1) is 31.3 Å². The second-order valence-corrected chi connectivity index (χ2v) is 5.54. The maximum Gasteiger partial charge on any atom is 0.336 e. The minimum Gasteiger partial charge on any atom is -0.466 e. The zero-order valence-electron chi connectivity index (χ0n) is 13.7. The molecule has 0 amide bonds. The van der Waals surface area contributed by atoms with Crippen molar-refractivity contribution >= 4 is 22.8 Å². The van der Waals surface area contributed by atoms with Gasteiger partial charge in [-0.2, -0.15) is 0 Å².